The number of alkyl halides is 3. The highest BCUT2D eigenvalue weighted by Gasteiger charge is 2.27. The molecule has 3 heterocycles. The van der Waals surface area contributed by atoms with E-state index in [0.717, 1.165) is 12.2 Å². The quantitative estimate of drug-likeness (QED) is 0.589. The van der Waals surface area contributed by atoms with E-state index in [9.17, 15) is 18.0 Å². The summed E-state index contributed by atoms with van der Waals surface area (Å²) in [7, 11) is 1.89. The van der Waals surface area contributed by atoms with Gasteiger partial charge < -0.3 is 20.5 Å². The van der Waals surface area contributed by atoms with Crippen LogP contribution in [-0.2, 0) is 4.79 Å². The number of carbonyl (C=O) groups excluding carboxylic acids is 1. The van der Waals surface area contributed by atoms with Crippen LogP contribution in [0, 0.1) is 0 Å². The number of fused-ring (bicyclic) bond motifs is 1. The lowest BCUT2D eigenvalue weighted by molar-refractivity contribution is -0.120. The predicted molar refractivity (Wildman–Crippen MR) is 108 cm³/mol. The average molecular weight is 419 g/mol. The molecule has 1 aliphatic heterocycles. The number of benzene rings is 1. The third-order valence-electron chi connectivity index (χ3n) is 4.70. The largest absolute Gasteiger partial charge is 0.405 e. The van der Waals surface area contributed by atoms with E-state index in [1.165, 1.54) is 0 Å². The van der Waals surface area contributed by atoms with Gasteiger partial charge in [0, 0.05) is 30.7 Å². The first-order valence-electron chi connectivity index (χ1n) is 9.30. The number of rotatable bonds is 5. The molecule has 158 valence electrons. The van der Waals surface area contributed by atoms with Gasteiger partial charge in [-0.2, -0.15) is 23.1 Å². The molecule has 1 aromatic carbocycles. The van der Waals surface area contributed by atoms with E-state index >= 15 is 0 Å². The standard InChI is InChI=1S/C19H20F3N7O/c1-28-7-8-29(15(30)10-28)13-4-2-3-12(9-13)25-18-26-16-14(5-6-23-16)17(27-18)24-11-19(20,21)22/h2-6,9H,7-8,10-11H2,1H3,(H3,23,24,25,26,27). The lowest BCUT2D eigenvalue weighted by Crippen LogP contribution is -2.48. The van der Waals surface area contributed by atoms with Crippen molar-refractivity contribution in [2.24, 2.45) is 0 Å². The van der Waals surface area contributed by atoms with Gasteiger partial charge in [-0.15, -0.1) is 0 Å². The molecular weight excluding hydrogens is 399 g/mol. The number of H-pyrrole nitrogens is 1. The molecule has 3 aromatic rings. The van der Waals surface area contributed by atoms with Crippen LogP contribution in [-0.4, -0.2) is 65.2 Å². The van der Waals surface area contributed by atoms with Crippen LogP contribution < -0.4 is 15.5 Å². The van der Waals surface area contributed by atoms with E-state index in [1.54, 1.807) is 35.4 Å². The fourth-order valence-corrected chi connectivity index (χ4v) is 3.26. The highest BCUT2D eigenvalue weighted by atomic mass is 19.4. The first-order chi connectivity index (χ1) is 14.3. The number of halogens is 3. The third-order valence-corrected chi connectivity index (χ3v) is 4.70. The van der Waals surface area contributed by atoms with Gasteiger partial charge in [0.15, 0.2) is 0 Å². The van der Waals surface area contributed by atoms with Gasteiger partial charge in [0.2, 0.25) is 11.9 Å². The third kappa shape index (κ3) is 4.46. The number of likely N-dealkylation sites (N-methyl/N-ethyl adjacent to an activating group) is 1. The van der Waals surface area contributed by atoms with Crippen LogP contribution in [0.15, 0.2) is 36.5 Å². The first-order valence-corrected chi connectivity index (χ1v) is 9.30. The Bertz CT molecular complexity index is 1070. The molecule has 0 spiro atoms. The van der Waals surface area contributed by atoms with Gasteiger partial charge in [0.1, 0.15) is 18.0 Å². The van der Waals surface area contributed by atoms with Crippen molar-refractivity contribution in [2.45, 2.75) is 6.18 Å². The number of anilines is 4. The van der Waals surface area contributed by atoms with Crippen LogP contribution in [0.25, 0.3) is 11.0 Å². The Hall–Kier alpha value is -3.34. The van der Waals surface area contributed by atoms with Gasteiger partial charge >= 0.3 is 6.18 Å². The second kappa shape index (κ2) is 7.82. The summed E-state index contributed by atoms with van der Waals surface area (Å²) in [5.74, 6) is 0.214. The molecule has 0 radical (unpaired) electrons. The van der Waals surface area contributed by atoms with Crippen LogP contribution in [0.4, 0.5) is 36.3 Å². The molecule has 1 saturated heterocycles. The number of amides is 1. The number of piperazine rings is 1. The summed E-state index contributed by atoms with van der Waals surface area (Å²) >= 11 is 0. The van der Waals surface area contributed by atoms with Gasteiger partial charge in [-0.05, 0) is 31.3 Å². The summed E-state index contributed by atoms with van der Waals surface area (Å²) in [6, 6.07) is 8.79. The van der Waals surface area contributed by atoms with E-state index in [0.29, 0.717) is 29.8 Å². The maximum atomic E-state index is 12.6. The molecule has 1 amide bonds. The zero-order valence-corrected chi connectivity index (χ0v) is 16.1. The Morgan fingerprint density at radius 3 is 2.80 bits per heavy atom. The number of nitrogens with zero attached hydrogens (tertiary/aromatic N) is 4. The molecule has 3 N–H and O–H groups in total. The topological polar surface area (TPSA) is 89.2 Å². The molecule has 4 rings (SSSR count). The van der Waals surface area contributed by atoms with Gasteiger partial charge in [0.25, 0.3) is 0 Å². The Labute approximate surface area is 170 Å². The van der Waals surface area contributed by atoms with Crippen LogP contribution in [0.5, 0.6) is 0 Å². The number of nitrogens with one attached hydrogen (secondary N) is 3. The monoisotopic (exact) mass is 419 g/mol. The van der Waals surface area contributed by atoms with E-state index in [-0.39, 0.29) is 17.7 Å². The van der Waals surface area contributed by atoms with Crippen molar-refractivity contribution >= 4 is 40.1 Å². The SMILES string of the molecule is CN1CCN(c2cccc(Nc3nc(NCC(F)(F)F)c4cc[nH]c4n3)c2)C(=O)C1. The zero-order valence-electron chi connectivity index (χ0n) is 16.1. The Morgan fingerprint density at radius 2 is 2.03 bits per heavy atom. The Kier molecular flexibility index (Phi) is 5.20. The van der Waals surface area contributed by atoms with Crippen LogP contribution >= 0.6 is 0 Å². The van der Waals surface area contributed by atoms with Crippen LogP contribution in [0.1, 0.15) is 0 Å². The molecule has 30 heavy (non-hydrogen) atoms. The lowest BCUT2D eigenvalue weighted by atomic mass is 10.2. The molecule has 0 saturated carbocycles. The molecule has 1 aliphatic rings. The van der Waals surface area contributed by atoms with Crippen molar-refractivity contribution in [2.75, 3.05) is 48.8 Å². The number of carbonyl (C=O) groups is 1. The molecule has 11 heteroatoms. The summed E-state index contributed by atoms with van der Waals surface area (Å²) in [6.07, 6.45) is -2.79. The fraction of sp³-hybridized carbons (Fsp3) is 0.316. The number of hydrogen-bond donors (Lipinski definition) is 3. The summed E-state index contributed by atoms with van der Waals surface area (Å²) in [4.78, 5) is 27.4. The molecule has 0 atom stereocenters. The molecular formula is C19H20F3N7O. The first kappa shape index (κ1) is 20.0. The minimum Gasteiger partial charge on any atom is -0.360 e. The van der Waals surface area contributed by atoms with Crippen molar-refractivity contribution in [3.63, 3.8) is 0 Å². The van der Waals surface area contributed by atoms with Crippen molar-refractivity contribution in [1.29, 1.82) is 0 Å². The molecule has 0 bridgehead atoms. The maximum Gasteiger partial charge on any atom is 0.405 e. The predicted octanol–water partition coefficient (Wildman–Crippen LogP) is 2.95. The molecule has 8 nitrogen and oxygen atoms in total. The number of hydrogen-bond acceptors (Lipinski definition) is 6. The van der Waals surface area contributed by atoms with E-state index < -0.39 is 12.7 Å². The Balaban J connectivity index is 1.58. The minimum atomic E-state index is -4.37. The lowest BCUT2D eigenvalue weighted by Gasteiger charge is -2.32. The molecule has 0 aliphatic carbocycles. The van der Waals surface area contributed by atoms with Gasteiger partial charge in [-0.25, -0.2) is 0 Å². The number of aromatic amines is 1. The summed E-state index contributed by atoms with van der Waals surface area (Å²) < 4.78 is 37.9. The normalized spacial score (nSPS) is 15.6. The smallest absolute Gasteiger partial charge is 0.360 e. The second-order valence-corrected chi connectivity index (χ2v) is 7.06. The Morgan fingerprint density at radius 1 is 1.20 bits per heavy atom. The molecule has 1 fully saturated rings. The van der Waals surface area contributed by atoms with Crippen molar-refractivity contribution < 1.29 is 18.0 Å². The van der Waals surface area contributed by atoms with Crippen LogP contribution in [0.3, 0.4) is 0 Å². The summed E-state index contributed by atoms with van der Waals surface area (Å²) in [5.41, 5.74) is 1.75. The van der Waals surface area contributed by atoms with E-state index in [4.69, 9.17) is 0 Å². The average Bonchev–Trinajstić information content (AvgIpc) is 3.14. The molecule has 2 aromatic heterocycles. The molecule has 0 unspecified atom stereocenters. The van der Waals surface area contributed by atoms with Gasteiger partial charge in [-0.3, -0.25) is 9.69 Å². The van der Waals surface area contributed by atoms with Crippen LogP contribution in [0.2, 0.25) is 0 Å². The van der Waals surface area contributed by atoms with Gasteiger partial charge in [-0.1, -0.05) is 6.07 Å². The van der Waals surface area contributed by atoms with Gasteiger partial charge in [0.05, 0.1) is 11.9 Å². The summed E-state index contributed by atoms with van der Waals surface area (Å²) in [5, 5.41) is 5.79. The highest BCUT2D eigenvalue weighted by molar-refractivity contribution is 5.96. The summed E-state index contributed by atoms with van der Waals surface area (Å²) in [6.45, 7) is 0.489. The second-order valence-electron chi connectivity index (χ2n) is 7.06. The van der Waals surface area contributed by atoms with Crippen molar-refractivity contribution in [3.8, 4) is 0 Å². The zero-order chi connectivity index (χ0) is 21.3. The maximum absolute atomic E-state index is 12.6. The van der Waals surface area contributed by atoms with Crippen molar-refractivity contribution in [3.05, 3.63) is 36.5 Å². The highest BCUT2D eigenvalue weighted by Crippen LogP contribution is 2.26. The van der Waals surface area contributed by atoms with E-state index in [2.05, 4.69) is 25.6 Å². The minimum absolute atomic E-state index is 0.00333. The van der Waals surface area contributed by atoms with Crippen molar-refractivity contribution in [1.82, 2.24) is 19.9 Å². The van der Waals surface area contributed by atoms with E-state index in [1.807, 2.05) is 18.0 Å². The number of aromatic nitrogens is 3. The fourth-order valence-electron chi connectivity index (χ4n) is 3.26.